The molecule has 0 fully saturated rings. The Balaban J connectivity index is 3.41. The maximum Gasteiger partial charge on any atom is 0.403 e. The van der Waals surface area contributed by atoms with Crippen molar-refractivity contribution in [3.05, 3.63) is 22.2 Å². The fourth-order valence-corrected chi connectivity index (χ4v) is 2.46. The van der Waals surface area contributed by atoms with E-state index in [1.807, 2.05) is 0 Å². The molecule has 106 valence electrons. The molecule has 0 saturated carbocycles. The molecule has 19 heavy (non-hydrogen) atoms. The number of nitrogen functional groups attached to an aromatic ring is 2. The van der Waals surface area contributed by atoms with Gasteiger partial charge >= 0.3 is 6.18 Å². The van der Waals surface area contributed by atoms with Gasteiger partial charge < -0.3 is 11.5 Å². The van der Waals surface area contributed by atoms with Crippen molar-refractivity contribution >= 4 is 26.9 Å². The van der Waals surface area contributed by atoms with Crippen molar-refractivity contribution < 1.29 is 26.5 Å². The molecule has 0 aliphatic heterocycles. The number of benzene rings is 1. The fraction of sp³-hybridized carbons (Fsp3) is 0.250. The van der Waals surface area contributed by atoms with Gasteiger partial charge in [-0.25, -0.2) is 8.42 Å². The van der Waals surface area contributed by atoms with Crippen molar-refractivity contribution in [3.8, 4) is 0 Å². The first kappa shape index (κ1) is 15.0. The minimum Gasteiger partial charge on any atom is -0.397 e. The first-order valence-electron chi connectivity index (χ1n) is 4.57. The number of nitro benzene ring substituents is 1. The Morgan fingerprint density at radius 2 is 1.79 bits per heavy atom. The molecule has 1 aromatic rings. The maximum atomic E-state index is 12.1. The van der Waals surface area contributed by atoms with E-state index in [-0.39, 0.29) is 0 Å². The van der Waals surface area contributed by atoms with Gasteiger partial charge in [0.2, 0.25) is 0 Å². The molecule has 1 aromatic carbocycles. The van der Waals surface area contributed by atoms with Crippen molar-refractivity contribution in [2.45, 2.75) is 11.1 Å². The van der Waals surface area contributed by atoms with Crippen LogP contribution in [0.4, 0.5) is 30.2 Å². The summed E-state index contributed by atoms with van der Waals surface area (Å²) in [5.41, 5.74) is 8.64. The van der Waals surface area contributed by atoms with Crippen LogP contribution in [-0.2, 0) is 9.84 Å². The zero-order chi connectivity index (χ0) is 15.0. The highest BCUT2D eigenvalue weighted by Gasteiger charge is 2.37. The van der Waals surface area contributed by atoms with E-state index in [0.29, 0.717) is 12.1 Å². The number of anilines is 2. The molecule has 4 N–H and O–H groups in total. The second-order valence-corrected chi connectivity index (χ2v) is 5.57. The van der Waals surface area contributed by atoms with Gasteiger partial charge in [-0.15, -0.1) is 0 Å². The Hall–Kier alpha value is -2.04. The third-order valence-electron chi connectivity index (χ3n) is 2.07. The molecule has 0 spiro atoms. The summed E-state index contributed by atoms with van der Waals surface area (Å²) in [6.07, 6.45) is -4.97. The van der Waals surface area contributed by atoms with E-state index < -0.39 is 48.6 Å². The number of sulfone groups is 1. The second kappa shape index (κ2) is 4.57. The van der Waals surface area contributed by atoms with Gasteiger partial charge in [0.15, 0.2) is 15.6 Å². The number of rotatable bonds is 3. The first-order chi connectivity index (χ1) is 8.44. The van der Waals surface area contributed by atoms with Crippen LogP contribution in [0.15, 0.2) is 17.0 Å². The molecule has 0 aromatic heterocycles. The molecule has 0 saturated heterocycles. The topological polar surface area (TPSA) is 129 Å². The first-order valence-corrected chi connectivity index (χ1v) is 6.22. The number of nitro groups is 1. The number of hydrogen-bond donors (Lipinski definition) is 2. The summed E-state index contributed by atoms with van der Waals surface area (Å²) in [6, 6.07) is 1.11. The van der Waals surface area contributed by atoms with Crippen molar-refractivity contribution in [1.82, 2.24) is 0 Å². The molecule has 11 heteroatoms. The highest BCUT2D eigenvalue weighted by atomic mass is 32.2. The van der Waals surface area contributed by atoms with Crippen molar-refractivity contribution in [3.63, 3.8) is 0 Å². The maximum absolute atomic E-state index is 12.1. The molecule has 1 rings (SSSR count). The summed E-state index contributed by atoms with van der Waals surface area (Å²) >= 11 is 0. The normalized spacial score (nSPS) is 12.4. The summed E-state index contributed by atoms with van der Waals surface area (Å²) in [5, 5.41) is 10.6. The van der Waals surface area contributed by atoms with Gasteiger partial charge in [-0.3, -0.25) is 10.1 Å². The number of nitrogens with two attached hydrogens (primary N) is 2. The predicted molar refractivity (Wildman–Crippen MR) is 60.0 cm³/mol. The summed E-state index contributed by atoms with van der Waals surface area (Å²) in [5.74, 6) is -2.14. The van der Waals surface area contributed by atoms with Crippen LogP contribution in [0.5, 0.6) is 0 Å². The number of hydrogen-bond acceptors (Lipinski definition) is 6. The monoisotopic (exact) mass is 299 g/mol. The summed E-state index contributed by atoms with van der Waals surface area (Å²) in [7, 11) is -4.78. The van der Waals surface area contributed by atoms with Crippen LogP contribution in [0, 0.1) is 10.1 Å². The molecule has 7 nitrogen and oxygen atoms in total. The van der Waals surface area contributed by atoms with Crippen molar-refractivity contribution in [1.29, 1.82) is 0 Å². The van der Waals surface area contributed by atoms with E-state index in [1.54, 1.807) is 0 Å². The lowest BCUT2D eigenvalue weighted by molar-refractivity contribution is -0.384. The average Bonchev–Trinajstić information content (AvgIpc) is 2.17. The van der Waals surface area contributed by atoms with E-state index in [9.17, 15) is 31.7 Å². The number of nitrogens with zero attached hydrogens (tertiary/aromatic N) is 1. The van der Waals surface area contributed by atoms with Crippen LogP contribution in [0.3, 0.4) is 0 Å². The highest BCUT2D eigenvalue weighted by Crippen LogP contribution is 2.32. The van der Waals surface area contributed by atoms with Crippen LogP contribution >= 0.6 is 0 Å². The number of alkyl halides is 3. The minimum absolute atomic E-state index is 0.451. The van der Waals surface area contributed by atoms with Gasteiger partial charge in [-0.1, -0.05) is 0 Å². The van der Waals surface area contributed by atoms with Crippen LogP contribution in [-0.4, -0.2) is 25.3 Å². The van der Waals surface area contributed by atoms with Crippen molar-refractivity contribution in [2.24, 2.45) is 0 Å². The van der Waals surface area contributed by atoms with Crippen LogP contribution in [0.2, 0.25) is 0 Å². The van der Waals surface area contributed by atoms with E-state index in [4.69, 9.17) is 11.5 Å². The zero-order valence-corrected chi connectivity index (χ0v) is 9.96. The van der Waals surface area contributed by atoms with Gasteiger partial charge in [0, 0.05) is 6.07 Å². The van der Waals surface area contributed by atoms with Gasteiger partial charge in [-0.2, -0.15) is 13.2 Å². The fourth-order valence-electron chi connectivity index (χ4n) is 1.26. The van der Waals surface area contributed by atoms with Gasteiger partial charge in [-0.05, 0) is 6.07 Å². The smallest absolute Gasteiger partial charge is 0.397 e. The van der Waals surface area contributed by atoms with Gasteiger partial charge in [0.1, 0.15) is 5.69 Å². The summed E-state index contributed by atoms with van der Waals surface area (Å²) in [4.78, 5) is 8.66. The molecular formula is C8H8F3N3O4S. The van der Waals surface area contributed by atoms with E-state index in [2.05, 4.69) is 0 Å². The predicted octanol–water partition coefficient (Wildman–Crippen LogP) is 1.10. The van der Waals surface area contributed by atoms with Crippen LogP contribution in [0.25, 0.3) is 0 Å². The summed E-state index contributed by atoms with van der Waals surface area (Å²) in [6.45, 7) is 0. The lowest BCUT2D eigenvalue weighted by Gasteiger charge is -2.09. The Labute approximate surface area is 105 Å². The number of halogens is 3. The van der Waals surface area contributed by atoms with E-state index in [1.165, 1.54) is 0 Å². The van der Waals surface area contributed by atoms with Gasteiger partial charge in [0.25, 0.3) is 5.69 Å². The third kappa shape index (κ3) is 3.47. The largest absolute Gasteiger partial charge is 0.403 e. The van der Waals surface area contributed by atoms with Crippen molar-refractivity contribution in [2.75, 3.05) is 17.2 Å². The molecular weight excluding hydrogens is 291 g/mol. The molecule has 0 bridgehead atoms. The van der Waals surface area contributed by atoms with Gasteiger partial charge in [0.05, 0.1) is 15.5 Å². The lowest BCUT2D eigenvalue weighted by atomic mass is 10.2. The SMILES string of the molecule is Nc1cc(S(=O)(=O)CC(F)(F)F)cc([N+](=O)[O-])c1N. The average molecular weight is 299 g/mol. The molecule has 0 aliphatic carbocycles. The Bertz CT molecular complexity index is 627. The Kier molecular flexibility index (Phi) is 3.61. The second-order valence-electron chi connectivity index (χ2n) is 3.58. The Morgan fingerprint density at radius 1 is 1.26 bits per heavy atom. The molecule has 0 heterocycles. The molecule has 0 amide bonds. The molecule has 0 aliphatic rings. The summed E-state index contributed by atoms with van der Waals surface area (Å²) < 4.78 is 59.2. The lowest BCUT2D eigenvalue weighted by Crippen LogP contribution is -2.23. The standard InChI is InChI=1S/C8H8F3N3O4S/c9-8(10,11)3-19(17,18)4-1-5(12)7(13)6(2-4)14(15)16/h1-2H,3,12-13H2. The Morgan fingerprint density at radius 3 is 2.21 bits per heavy atom. The molecule has 0 unspecified atom stereocenters. The molecule has 0 radical (unpaired) electrons. The van der Waals surface area contributed by atoms with E-state index >= 15 is 0 Å². The zero-order valence-electron chi connectivity index (χ0n) is 9.14. The molecule has 0 atom stereocenters. The highest BCUT2D eigenvalue weighted by molar-refractivity contribution is 7.91. The van der Waals surface area contributed by atoms with E-state index in [0.717, 1.165) is 0 Å². The minimum atomic E-state index is -4.97. The quantitative estimate of drug-likeness (QED) is 0.488. The third-order valence-corrected chi connectivity index (χ3v) is 3.73. The van der Waals surface area contributed by atoms with Crippen LogP contribution < -0.4 is 11.5 Å². The van der Waals surface area contributed by atoms with Crippen LogP contribution in [0.1, 0.15) is 0 Å².